The highest BCUT2D eigenvalue weighted by atomic mass is 19.1. The van der Waals surface area contributed by atoms with Crippen LogP contribution in [-0.2, 0) is 11.3 Å². The minimum atomic E-state index is -1.06. The van der Waals surface area contributed by atoms with Crippen molar-refractivity contribution >= 4 is 11.7 Å². The van der Waals surface area contributed by atoms with Crippen LogP contribution in [0.3, 0.4) is 0 Å². The Balaban J connectivity index is 2.28. The van der Waals surface area contributed by atoms with E-state index < -0.39 is 29.0 Å². The van der Waals surface area contributed by atoms with Crippen molar-refractivity contribution in [2.24, 2.45) is 0 Å². The van der Waals surface area contributed by atoms with Gasteiger partial charge in [-0.1, -0.05) is 12.1 Å². The summed E-state index contributed by atoms with van der Waals surface area (Å²) in [4.78, 5) is 11.4. The molecule has 0 heterocycles. The second-order valence-electron chi connectivity index (χ2n) is 4.55. The van der Waals surface area contributed by atoms with Crippen molar-refractivity contribution in [2.45, 2.75) is 6.54 Å². The van der Waals surface area contributed by atoms with Gasteiger partial charge >= 0.3 is 5.97 Å². The van der Waals surface area contributed by atoms with Gasteiger partial charge in [-0.05, 0) is 12.1 Å². The maximum atomic E-state index is 13.9. The van der Waals surface area contributed by atoms with Gasteiger partial charge in [-0.15, -0.1) is 0 Å². The summed E-state index contributed by atoms with van der Waals surface area (Å²) in [7, 11) is 1.07. The molecule has 23 heavy (non-hydrogen) atoms. The molecule has 0 aliphatic rings. The second kappa shape index (κ2) is 6.83. The van der Waals surface area contributed by atoms with Crippen LogP contribution >= 0.6 is 0 Å². The molecule has 0 aromatic heterocycles. The molecule has 1 N–H and O–H groups in total. The monoisotopic (exact) mass is 320 g/mol. The molecule has 0 bridgehead atoms. The fourth-order valence-electron chi connectivity index (χ4n) is 1.94. The maximum Gasteiger partial charge on any atom is 0.340 e. The highest BCUT2D eigenvalue weighted by Gasteiger charge is 2.17. The van der Waals surface area contributed by atoms with Gasteiger partial charge in [-0.3, -0.25) is 0 Å². The lowest BCUT2D eigenvalue weighted by atomic mass is 10.1. The first-order chi connectivity index (χ1) is 11.0. The predicted molar refractivity (Wildman–Crippen MR) is 76.1 cm³/mol. The normalized spacial score (nSPS) is 10.0. The number of nitrogens with zero attached hydrogens (tertiary/aromatic N) is 1. The van der Waals surface area contributed by atoms with Crippen LogP contribution in [0.25, 0.3) is 0 Å². The molecule has 0 saturated heterocycles. The van der Waals surface area contributed by atoms with E-state index >= 15 is 0 Å². The number of hydrogen-bond donors (Lipinski definition) is 1. The number of nitrogens with one attached hydrogen (secondary N) is 1. The summed E-state index contributed by atoms with van der Waals surface area (Å²) in [6.07, 6.45) is 0. The second-order valence-corrected chi connectivity index (χ2v) is 4.55. The summed E-state index contributed by atoms with van der Waals surface area (Å²) in [5, 5.41) is 11.3. The van der Waals surface area contributed by atoms with E-state index in [0.717, 1.165) is 13.2 Å². The highest BCUT2D eigenvalue weighted by molar-refractivity contribution is 5.90. The molecule has 0 aliphatic heterocycles. The third-order valence-electron chi connectivity index (χ3n) is 3.13. The smallest absolute Gasteiger partial charge is 0.340 e. The number of esters is 1. The summed E-state index contributed by atoms with van der Waals surface area (Å²) >= 11 is 0. The molecule has 2 rings (SSSR count). The average molecular weight is 320 g/mol. The molecule has 2 aromatic rings. The lowest BCUT2D eigenvalue weighted by molar-refractivity contribution is 0.0595. The predicted octanol–water partition coefficient (Wildman–Crippen LogP) is 3.37. The zero-order chi connectivity index (χ0) is 17.0. The molecular weight excluding hydrogens is 309 g/mol. The van der Waals surface area contributed by atoms with Crippen LogP contribution in [0.15, 0.2) is 30.3 Å². The lowest BCUT2D eigenvalue weighted by Crippen LogP contribution is -2.09. The van der Waals surface area contributed by atoms with Crippen LogP contribution in [0.4, 0.5) is 18.9 Å². The quantitative estimate of drug-likeness (QED) is 0.877. The number of ether oxygens (including phenoxy) is 1. The molecule has 0 atom stereocenters. The van der Waals surface area contributed by atoms with Gasteiger partial charge in [0.15, 0.2) is 0 Å². The molecule has 7 heteroatoms. The lowest BCUT2D eigenvalue weighted by Gasteiger charge is -2.11. The third kappa shape index (κ3) is 3.43. The van der Waals surface area contributed by atoms with Crippen LogP contribution in [0, 0.1) is 28.8 Å². The van der Waals surface area contributed by atoms with E-state index in [4.69, 9.17) is 5.26 Å². The van der Waals surface area contributed by atoms with Gasteiger partial charge in [0.05, 0.1) is 23.9 Å². The molecule has 0 unspecified atom stereocenters. The summed E-state index contributed by atoms with van der Waals surface area (Å²) in [6.45, 7) is -0.148. The van der Waals surface area contributed by atoms with Gasteiger partial charge in [0.25, 0.3) is 0 Å². The Bertz CT molecular complexity index is 801. The Labute approximate surface area is 130 Å². The van der Waals surface area contributed by atoms with E-state index in [2.05, 4.69) is 10.1 Å². The standard InChI is InChI=1S/C16H11F3N2O2/c1-23-16(22)11-5-14(13(18)6-12(11)17)21-8-10-4-2-3-9(7-20)15(10)19/h2-6,21H,8H2,1H3. The first kappa shape index (κ1) is 16.4. The first-order valence-corrected chi connectivity index (χ1v) is 6.46. The van der Waals surface area contributed by atoms with E-state index in [1.807, 2.05) is 0 Å². The minimum absolute atomic E-state index is 0.132. The molecule has 2 aromatic carbocycles. The van der Waals surface area contributed by atoms with Crippen LogP contribution in [0.1, 0.15) is 21.5 Å². The molecule has 4 nitrogen and oxygen atoms in total. The van der Waals surface area contributed by atoms with Crippen molar-refractivity contribution in [2.75, 3.05) is 12.4 Å². The number of anilines is 1. The first-order valence-electron chi connectivity index (χ1n) is 6.46. The van der Waals surface area contributed by atoms with Crippen LogP contribution < -0.4 is 5.32 Å². The van der Waals surface area contributed by atoms with E-state index in [0.29, 0.717) is 6.07 Å². The van der Waals surface area contributed by atoms with Gasteiger partial charge in [0.2, 0.25) is 0 Å². The molecule has 0 fully saturated rings. The van der Waals surface area contributed by atoms with Crippen LogP contribution in [-0.4, -0.2) is 13.1 Å². The van der Waals surface area contributed by atoms with E-state index in [9.17, 15) is 18.0 Å². The van der Waals surface area contributed by atoms with Gasteiger partial charge in [-0.2, -0.15) is 5.26 Å². The van der Waals surface area contributed by atoms with Crippen molar-refractivity contribution in [1.29, 1.82) is 5.26 Å². The van der Waals surface area contributed by atoms with Gasteiger partial charge in [0, 0.05) is 18.2 Å². The summed E-state index contributed by atoms with van der Waals surface area (Å²) in [6, 6.07) is 7.40. The Morgan fingerprint density at radius 1 is 1.26 bits per heavy atom. The average Bonchev–Trinajstić information content (AvgIpc) is 2.54. The van der Waals surface area contributed by atoms with Crippen molar-refractivity contribution in [3.63, 3.8) is 0 Å². The van der Waals surface area contributed by atoms with E-state index in [-0.39, 0.29) is 23.4 Å². The summed E-state index contributed by atoms with van der Waals surface area (Å²) in [5.74, 6) is -3.68. The topological polar surface area (TPSA) is 62.1 Å². The molecule has 0 radical (unpaired) electrons. The highest BCUT2D eigenvalue weighted by Crippen LogP contribution is 2.22. The van der Waals surface area contributed by atoms with Crippen LogP contribution in [0.5, 0.6) is 0 Å². The number of nitriles is 1. The number of benzene rings is 2. The molecule has 0 saturated carbocycles. The SMILES string of the molecule is COC(=O)c1cc(NCc2cccc(C#N)c2F)c(F)cc1F. The van der Waals surface area contributed by atoms with Gasteiger partial charge in [-0.25, -0.2) is 18.0 Å². The minimum Gasteiger partial charge on any atom is -0.465 e. The van der Waals surface area contributed by atoms with Crippen molar-refractivity contribution < 1.29 is 22.7 Å². The van der Waals surface area contributed by atoms with Crippen molar-refractivity contribution in [3.8, 4) is 6.07 Å². The van der Waals surface area contributed by atoms with Gasteiger partial charge in [0.1, 0.15) is 23.5 Å². The molecular formula is C16H11F3N2O2. The summed E-state index contributed by atoms with van der Waals surface area (Å²) in [5.41, 5.74) is -0.636. The maximum absolute atomic E-state index is 13.9. The number of methoxy groups -OCH3 is 1. The Morgan fingerprint density at radius 2 is 2.00 bits per heavy atom. The number of hydrogen-bond acceptors (Lipinski definition) is 4. The van der Waals surface area contributed by atoms with E-state index in [1.54, 1.807) is 6.07 Å². The zero-order valence-corrected chi connectivity index (χ0v) is 12.0. The van der Waals surface area contributed by atoms with Gasteiger partial charge < -0.3 is 10.1 Å². The fourth-order valence-corrected chi connectivity index (χ4v) is 1.94. The molecule has 0 amide bonds. The molecule has 0 spiro atoms. The number of halogens is 3. The largest absolute Gasteiger partial charge is 0.465 e. The molecule has 0 aliphatic carbocycles. The van der Waals surface area contributed by atoms with E-state index in [1.165, 1.54) is 18.2 Å². The Hall–Kier alpha value is -3.01. The fraction of sp³-hybridized carbons (Fsp3) is 0.125. The van der Waals surface area contributed by atoms with Crippen molar-refractivity contribution in [1.82, 2.24) is 0 Å². The number of carbonyl (C=O) groups excluding carboxylic acids is 1. The summed E-state index contributed by atoms with van der Waals surface area (Å²) < 4.78 is 45.6. The zero-order valence-electron chi connectivity index (χ0n) is 12.0. The third-order valence-corrected chi connectivity index (χ3v) is 3.13. The Kier molecular flexibility index (Phi) is 4.86. The number of rotatable bonds is 4. The molecule has 118 valence electrons. The number of carbonyl (C=O) groups is 1. The van der Waals surface area contributed by atoms with Crippen LogP contribution in [0.2, 0.25) is 0 Å². The van der Waals surface area contributed by atoms with Crippen molar-refractivity contribution in [3.05, 3.63) is 64.5 Å². The Morgan fingerprint density at radius 3 is 2.65 bits per heavy atom.